The molecule has 0 spiro atoms. The summed E-state index contributed by atoms with van der Waals surface area (Å²) in [5, 5.41) is 0. The number of carbonyl (C=O) groups excluding carboxylic acids is 1. The monoisotopic (exact) mass is 350 g/mol. The quantitative estimate of drug-likeness (QED) is 0.601. The zero-order chi connectivity index (χ0) is 18.4. The van der Waals surface area contributed by atoms with Gasteiger partial charge in [0.2, 0.25) is 0 Å². The third kappa shape index (κ3) is 4.45. The number of halogens is 1. The summed E-state index contributed by atoms with van der Waals surface area (Å²) in [5.74, 6) is 1.08. The van der Waals surface area contributed by atoms with Gasteiger partial charge in [0, 0.05) is 18.3 Å². The molecule has 0 amide bonds. The third-order valence-corrected chi connectivity index (χ3v) is 4.01. The van der Waals surface area contributed by atoms with Crippen molar-refractivity contribution in [3.63, 3.8) is 0 Å². The molecule has 132 valence electrons. The molecular formula is C21H19FN2O2. The summed E-state index contributed by atoms with van der Waals surface area (Å²) in [6.45, 7) is 0.625. The van der Waals surface area contributed by atoms with Crippen LogP contribution in [-0.2, 0) is 6.54 Å². The molecule has 2 aromatic carbocycles. The molecule has 0 aliphatic carbocycles. The van der Waals surface area contributed by atoms with E-state index in [1.54, 1.807) is 49.7 Å². The molecule has 5 heteroatoms. The molecule has 3 rings (SSSR count). The number of carbonyl (C=O) groups is 1. The molecule has 0 aliphatic heterocycles. The number of rotatable bonds is 7. The lowest BCUT2D eigenvalue weighted by molar-refractivity contribution is 0.0998. The number of methoxy groups -OCH3 is 1. The van der Waals surface area contributed by atoms with Gasteiger partial charge in [-0.2, -0.15) is 0 Å². The summed E-state index contributed by atoms with van der Waals surface area (Å²) >= 11 is 0. The highest BCUT2D eigenvalue weighted by Crippen LogP contribution is 2.17. The molecule has 0 aliphatic rings. The Bertz CT molecular complexity index is 849. The molecule has 0 unspecified atom stereocenters. The summed E-state index contributed by atoms with van der Waals surface area (Å²) in [7, 11) is 1.59. The van der Waals surface area contributed by atoms with E-state index >= 15 is 0 Å². The van der Waals surface area contributed by atoms with Crippen LogP contribution in [0.4, 0.5) is 10.2 Å². The van der Waals surface area contributed by atoms with Crippen molar-refractivity contribution in [2.75, 3.05) is 18.6 Å². The first kappa shape index (κ1) is 17.6. The molecule has 0 saturated heterocycles. The fourth-order valence-corrected chi connectivity index (χ4v) is 2.61. The fraction of sp³-hybridized carbons (Fsp3) is 0.143. The summed E-state index contributed by atoms with van der Waals surface area (Å²) in [6, 6.07) is 18.8. The van der Waals surface area contributed by atoms with Crippen molar-refractivity contribution in [3.8, 4) is 5.75 Å². The first-order valence-corrected chi connectivity index (χ1v) is 8.23. The normalized spacial score (nSPS) is 10.4. The Morgan fingerprint density at radius 1 is 1.04 bits per heavy atom. The van der Waals surface area contributed by atoms with E-state index in [1.807, 2.05) is 23.1 Å². The van der Waals surface area contributed by atoms with Crippen LogP contribution < -0.4 is 9.64 Å². The number of anilines is 1. The van der Waals surface area contributed by atoms with Crippen molar-refractivity contribution in [1.29, 1.82) is 0 Å². The van der Waals surface area contributed by atoms with Crippen LogP contribution in [0.3, 0.4) is 0 Å². The molecule has 0 bridgehead atoms. The number of ether oxygens (including phenoxy) is 1. The summed E-state index contributed by atoms with van der Waals surface area (Å²) in [6.07, 6.45) is 1.69. The van der Waals surface area contributed by atoms with E-state index in [-0.39, 0.29) is 18.1 Å². The first-order chi connectivity index (χ1) is 12.7. The van der Waals surface area contributed by atoms with Gasteiger partial charge in [0.25, 0.3) is 0 Å². The number of hydrogen-bond donors (Lipinski definition) is 0. The summed E-state index contributed by atoms with van der Waals surface area (Å²) < 4.78 is 18.3. The SMILES string of the molecule is COc1ccc(C(=O)CN(Cc2ccc(F)cc2)c2ccccn2)cc1. The standard InChI is InChI=1S/C21H19FN2O2/c1-26-19-11-7-17(8-12-19)20(25)15-24(21-4-2-3-13-23-21)14-16-5-9-18(22)10-6-16/h2-13H,14-15H2,1H3. The number of benzene rings is 2. The molecule has 0 radical (unpaired) electrons. The number of nitrogens with zero attached hydrogens (tertiary/aromatic N) is 2. The van der Waals surface area contributed by atoms with Gasteiger partial charge in [-0.05, 0) is 54.1 Å². The van der Waals surface area contributed by atoms with Crippen molar-refractivity contribution in [3.05, 3.63) is 89.9 Å². The van der Waals surface area contributed by atoms with Gasteiger partial charge < -0.3 is 9.64 Å². The average molecular weight is 350 g/mol. The minimum Gasteiger partial charge on any atom is -0.497 e. The van der Waals surface area contributed by atoms with Crippen LogP contribution in [0.25, 0.3) is 0 Å². The zero-order valence-corrected chi connectivity index (χ0v) is 14.4. The Kier molecular flexibility index (Phi) is 5.59. The van der Waals surface area contributed by atoms with Crippen LogP contribution in [0.2, 0.25) is 0 Å². The second-order valence-corrected chi connectivity index (χ2v) is 5.82. The Morgan fingerprint density at radius 3 is 2.38 bits per heavy atom. The number of ketones is 1. The lowest BCUT2D eigenvalue weighted by atomic mass is 10.1. The lowest BCUT2D eigenvalue weighted by Crippen LogP contribution is -2.30. The first-order valence-electron chi connectivity index (χ1n) is 8.23. The average Bonchev–Trinajstić information content (AvgIpc) is 2.70. The summed E-state index contributed by atoms with van der Waals surface area (Å²) in [4.78, 5) is 18.9. The Balaban J connectivity index is 1.80. The molecule has 0 N–H and O–H groups in total. The van der Waals surface area contributed by atoms with E-state index in [4.69, 9.17) is 4.74 Å². The van der Waals surface area contributed by atoms with Crippen molar-refractivity contribution in [2.24, 2.45) is 0 Å². The Morgan fingerprint density at radius 2 is 1.77 bits per heavy atom. The van der Waals surface area contributed by atoms with Crippen LogP contribution in [0.15, 0.2) is 72.9 Å². The maximum absolute atomic E-state index is 13.2. The van der Waals surface area contributed by atoms with E-state index in [0.29, 0.717) is 23.7 Å². The Hall–Kier alpha value is -3.21. The van der Waals surface area contributed by atoms with Gasteiger partial charge in [-0.25, -0.2) is 9.37 Å². The van der Waals surface area contributed by atoms with Crippen molar-refractivity contribution in [1.82, 2.24) is 4.98 Å². The van der Waals surface area contributed by atoms with Crippen LogP contribution in [0.5, 0.6) is 5.75 Å². The van der Waals surface area contributed by atoms with Gasteiger partial charge in [0.15, 0.2) is 5.78 Å². The lowest BCUT2D eigenvalue weighted by Gasteiger charge is -2.23. The number of aromatic nitrogens is 1. The van der Waals surface area contributed by atoms with Crippen LogP contribution >= 0.6 is 0 Å². The van der Waals surface area contributed by atoms with Gasteiger partial charge in [-0.3, -0.25) is 4.79 Å². The summed E-state index contributed by atoms with van der Waals surface area (Å²) in [5.41, 5.74) is 1.51. The molecule has 26 heavy (non-hydrogen) atoms. The van der Waals surface area contributed by atoms with Crippen LogP contribution in [0, 0.1) is 5.82 Å². The molecule has 1 aromatic heterocycles. The molecule has 0 saturated carbocycles. The molecule has 0 atom stereocenters. The van der Waals surface area contributed by atoms with E-state index < -0.39 is 0 Å². The van der Waals surface area contributed by atoms with E-state index in [0.717, 1.165) is 5.56 Å². The highest BCUT2D eigenvalue weighted by Gasteiger charge is 2.15. The fourth-order valence-electron chi connectivity index (χ4n) is 2.61. The topological polar surface area (TPSA) is 42.4 Å². The van der Waals surface area contributed by atoms with E-state index in [1.165, 1.54) is 12.1 Å². The highest BCUT2D eigenvalue weighted by atomic mass is 19.1. The van der Waals surface area contributed by atoms with Gasteiger partial charge in [-0.15, -0.1) is 0 Å². The largest absolute Gasteiger partial charge is 0.497 e. The van der Waals surface area contributed by atoms with Gasteiger partial charge in [0.1, 0.15) is 17.4 Å². The highest BCUT2D eigenvalue weighted by molar-refractivity contribution is 5.99. The molecule has 1 heterocycles. The predicted molar refractivity (Wildman–Crippen MR) is 99.0 cm³/mol. The smallest absolute Gasteiger partial charge is 0.182 e. The Labute approximate surface area is 151 Å². The minimum absolute atomic E-state index is 0.0274. The zero-order valence-electron chi connectivity index (χ0n) is 14.4. The van der Waals surface area contributed by atoms with Crippen molar-refractivity contribution in [2.45, 2.75) is 6.54 Å². The molecule has 4 nitrogen and oxygen atoms in total. The van der Waals surface area contributed by atoms with Gasteiger partial charge >= 0.3 is 0 Å². The van der Waals surface area contributed by atoms with E-state index in [9.17, 15) is 9.18 Å². The minimum atomic E-state index is -0.285. The number of hydrogen-bond acceptors (Lipinski definition) is 4. The maximum Gasteiger partial charge on any atom is 0.182 e. The molecule has 0 fully saturated rings. The van der Waals surface area contributed by atoms with E-state index in [2.05, 4.69) is 4.98 Å². The molecular weight excluding hydrogens is 331 g/mol. The maximum atomic E-state index is 13.2. The van der Waals surface area contributed by atoms with Crippen molar-refractivity contribution >= 4 is 11.6 Å². The molecule has 3 aromatic rings. The third-order valence-electron chi connectivity index (χ3n) is 4.01. The predicted octanol–water partition coefficient (Wildman–Crippen LogP) is 4.12. The van der Waals surface area contributed by atoms with Crippen LogP contribution in [0.1, 0.15) is 15.9 Å². The van der Waals surface area contributed by atoms with Gasteiger partial charge in [0.05, 0.1) is 13.7 Å². The second kappa shape index (κ2) is 8.25. The second-order valence-electron chi connectivity index (χ2n) is 5.82. The van der Waals surface area contributed by atoms with Crippen LogP contribution in [-0.4, -0.2) is 24.4 Å². The number of pyridine rings is 1. The number of Topliss-reactive ketones (excluding diaryl/α,β-unsaturated/α-hetero) is 1. The van der Waals surface area contributed by atoms with Gasteiger partial charge in [-0.1, -0.05) is 18.2 Å². The van der Waals surface area contributed by atoms with Crippen molar-refractivity contribution < 1.29 is 13.9 Å².